The van der Waals surface area contributed by atoms with Crippen LogP contribution in [0.1, 0.15) is 11.3 Å². The summed E-state index contributed by atoms with van der Waals surface area (Å²) in [5, 5.41) is 8.73. The highest BCUT2D eigenvalue weighted by molar-refractivity contribution is 7.87. The smallest absolute Gasteiger partial charge is 0.273 e. The monoisotopic (exact) mass is 204 g/mol. The van der Waals surface area contributed by atoms with Crippen LogP contribution >= 0.6 is 0 Å². The van der Waals surface area contributed by atoms with Crippen molar-refractivity contribution in [1.82, 2.24) is 14.5 Å². The Kier molecular flexibility index (Phi) is 2.69. The molecule has 1 rings (SSSR count). The molecule has 7 heteroatoms. The van der Waals surface area contributed by atoms with Gasteiger partial charge in [-0.25, -0.2) is 5.14 Å². The number of aryl methyl sites for hydroxylation is 1. The Morgan fingerprint density at radius 3 is 2.69 bits per heavy atom. The van der Waals surface area contributed by atoms with E-state index < -0.39 is 10.2 Å². The average molecular weight is 204 g/mol. The van der Waals surface area contributed by atoms with E-state index in [0.717, 1.165) is 11.3 Å². The molecule has 0 unspecified atom stereocenters. The van der Waals surface area contributed by atoms with E-state index in [9.17, 15) is 8.42 Å². The summed E-state index contributed by atoms with van der Waals surface area (Å²) in [4.78, 5) is 0. The standard InChI is InChI=1S/C6H12N4O2S/c1-5-6(3-8-10(5)2)4-9-13(7,11)12/h3,9H,4H2,1-2H3,(H2,7,11,12). The molecule has 0 saturated carbocycles. The molecule has 0 bridgehead atoms. The lowest BCUT2D eigenvalue weighted by Gasteiger charge is -2.00. The van der Waals surface area contributed by atoms with E-state index in [-0.39, 0.29) is 6.54 Å². The molecule has 0 fully saturated rings. The van der Waals surface area contributed by atoms with E-state index in [1.807, 2.05) is 6.92 Å². The number of hydrogen-bond acceptors (Lipinski definition) is 3. The summed E-state index contributed by atoms with van der Waals surface area (Å²) in [6.45, 7) is 2.03. The van der Waals surface area contributed by atoms with Crippen molar-refractivity contribution in [1.29, 1.82) is 0 Å². The van der Waals surface area contributed by atoms with Gasteiger partial charge in [-0.15, -0.1) is 0 Å². The summed E-state index contributed by atoms with van der Waals surface area (Å²) in [5.41, 5.74) is 1.73. The summed E-state index contributed by atoms with van der Waals surface area (Å²) >= 11 is 0. The second-order valence-corrected chi connectivity index (χ2v) is 4.12. The maximum Gasteiger partial charge on any atom is 0.274 e. The van der Waals surface area contributed by atoms with E-state index in [4.69, 9.17) is 5.14 Å². The van der Waals surface area contributed by atoms with Gasteiger partial charge in [0.05, 0.1) is 6.20 Å². The van der Waals surface area contributed by atoms with E-state index >= 15 is 0 Å². The Morgan fingerprint density at radius 1 is 1.69 bits per heavy atom. The Balaban J connectivity index is 2.71. The van der Waals surface area contributed by atoms with Crippen LogP contribution in [0.25, 0.3) is 0 Å². The molecule has 0 radical (unpaired) electrons. The minimum Gasteiger partial charge on any atom is -0.273 e. The van der Waals surface area contributed by atoms with Gasteiger partial charge in [-0.2, -0.15) is 18.2 Å². The quantitative estimate of drug-likeness (QED) is 0.663. The van der Waals surface area contributed by atoms with E-state index in [0.29, 0.717) is 0 Å². The van der Waals surface area contributed by atoms with Gasteiger partial charge in [0.15, 0.2) is 0 Å². The van der Waals surface area contributed by atoms with Gasteiger partial charge in [0.2, 0.25) is 0 Å². The van der Waals surface area contributed by atoms with Crippen LogP contribution < -0.4 is 9.86 Å². The fourth-order valence-corrected chi connectivity index (χ4v) is 1.25. The molecule has 0 atom stereocenters. The average Bonchev–Trinajstić information content (AvgIpc) is 2.29. The van der Waals surface area contributed by atoms with Gasteiger partial charge in [-0.05, 0) is 6.92 Å². The third kappa shape index (κ3) is 2.79. The number of rotatable bonds is 3. The summed E-state index contributed by atoms with van der Waals surface area (Å²) in [6, 6.07) is 0. The lowest BCUT2D eigenvalue weighted by molar-refractivity contribution is 0.583. The topological polar surface area (TPSA) is 90.0 Å². The van der Waals surface area contributed by atoms with Crippen molar-refractivity contribution in [2.75, 3.05) is 0 Å². The first kappa shape index (κ1) is 10.2. The molecule has 0 saturated heterocycles. The number of hydrogen-bond donors (Lipinski definition) is 2. The summed E-state index contributed by atoms with van der Waals surface area (Å²) in [5.74, 6) is 0. The van der Waals surface area contributed by atoms with Gasteiger partial charge in [0, 0.05) is 24.8 Å². The highest BCUT2D eigenvalue weighted by Gasteiger charge is 2.06. The predicted octanol–water partition coefficient (Wildman–Crippen LogP) is -0.978. The van der Waals surface area contributed by atoms with Gasteiger partial charge >= 0.3 is 0 Å². The Bertz CT molecular complexity index is 395. The third-order valence-corrected chi connectivity index (χ3v) is 2.35. The van der Waals surface area contributed by atoms with Crippen LogP contribution in [-0.2, 0) is 23.8 Å². The second kappa shape index (κ2) is 3.44. The van der Waals surface area contributed by atoms with Crippen molar-refractivity contribution in [2.24, 2.45) is 12.2 Å². The van der Waals surface area contributed by atoms with E-state index in [1.54, 1.807) is 17.9 Å². The van der Waals surface area contributed by atoms with Gasteiger partial charge in [0.1, 0.15) is 0 Å². The molecule has 3 N–H and O–H groups in total. The molecule has 1 aromatic heterocycles. The van der Waals surface area contributed by atoms with Gasteiger partial charge < -0.3 is 0 Å². The molecule has 0 spiro atoms. The number of nitrogens with one attached hydrogen (secondary N) is 1. The zero-order valence-electron chi connectivity index (χ0n) is 7.48. The highest BCUT2D eigenvalue weighted by atomic mass is 32.2. The number of nitrogens with two attached hydrogens (primary N) is 1. The first-order chi connectivity index (χ1) is 5.90. The molecule has 74 valence electrons. The van der Waals surface area contributed by atoms with Crippen molar-refractivity contribution in [3.05, 3.63) is 17.5 Å². The van der Waals surface area contributed by atoms with Crippen molar-refractivity contribution < 1.29 is 8.42 Å². The largest absolute Gasteiger partial charge is 0.274 e. The third-order valence-electron chi connectivity index (χ3n) is 1.80. The van der Waals surface area contributed by atoms with Crippen LogP contribution in [0.15, 0.2) is 6.20 Å². The van der Waals surface area contributed by atoms with Gasteiger partial charge in [0.25, 0.3) is 10.2 Å². The van der Waals surface area contributed by atoms with Gasteiger partial charge in [-0.3, -0.25) is 4.68 Å². The van der Waals surface area contributed by atoms with Crippen LogP contribution in [0.3, 0.4) is 0 Å². The predicted molar refractivity (Wildman–Crippen MR) is 47.9 cm³/mol. The van der Waals surface area contributed by atoms with Crippen LogP contribution in [-0.4, -0.2) is 18.2 Å². The summed E-state index contributed by atoms with van der Waals surface area (Å²) in [6.07, 6.45) is 1.60. The second-order valence-electron chi connectivity index (χ2n) is 2.74. The Labute approximate surface area is 76.9 Å². The molecular formula is C6H12N4O2S. The molecular weight excluding hydrogens is 192 g/mol. The first-order valence-corrected chi connectivity index (χ1v) is 5.19. The number of nitrogens with zero attached hydrogens (tertiary/aromatic N) is 2. The molecule has 6 nitrogen and oxygen atoms in total. The minimum absolute atomic E-state index is 0.179. The van der Waals surface area contributed by atoms with Crippen LogP contribution in [0, 0.1) is 6.92 Å². The van der Waals surface area contributed by atoms with Gasteiger partial charge in [-0.1, -0.05) is 0 Å². The normalized spacial score (nSPS) is 11.9. The fraction of sp³-hybridized carbons (Fsp3) is 0.500. The lowest BCUT2D eigenvalue weighted by atomic mass is 10.3. The van der Waals surface area contributed by atoms with Crippen molar-refractivity contribution >= 4 is 10.2 Å². The minimum atomic E-state index is -3.62. The molecule has 0 aromatic carbocycles. The Hall–Kier alpha value is -0.920. The van der Waals surface area contributed by atoms with Crippen molar-refractivity contribution in [2.45, 2.75) is 13.5 Å². The highest BCUT2D eigenvalue weighted by Crippen LogP contribution is 2.04. The summed E-state index contributed by atoms with van der Waals surface area (Å²) < 4.78 is 25.0. The molecule has 0 aliphatic carbocycles. The van der Waals surface area contributed by atoms with Crippen molar-refractivity contribution in [3.63, 3.8) is 0 Å². The molecule has 1 heterocycles. The van der Waals surface area contributed by atoms with Crippen LogP contribution in [0.5, 0.6) is 0 Å². The van der Waals surface area contributed by atoms with Crippen LogP contribution in [0.4, 0.5) is 0 Å². The van der Waals surface area contributed by atoms with E-state index in [1.165, 1.54) is 0 Å². The zero-order chi connectivity index (χ0) is 10.1. The molecule has 13 heavy (non-hydrogen) atoms. The fourth-order valence-electron chi connectivity index (χ4n) is 0.896. The molecule has 0 aliphatic heterocycles. The molecule has 1 aromatic rings. The van der Waals surface area contributed by atoms with Crippen LogP contribution in [0.2, 0.25) is 0 Å². The lowest BCUT2D eigenvalue weighted by Crippen LogP contribution is -2.30. The maximum atomic E-state index is 10.6. The molecule has 0 amide bonds. The maximum absolute atomic E-state index is 10.6. The first-order valence-electron chi connectivity index (χ1n) is 3.65. The zero-order valence-corrected chi connectivity index (χ0v) is 8.30. The summed E-state index contributed by atoms with van der Waals surface area (Å²) in [7, 11) is -1.83. The van der Waals surface area contributed by atoms with E-state index in [2.05, 4.69) is 9.82 Å². The Morgan fingerprint density at radius 2 is 2.31 bits per heavy atom. The molecule has 0 aliphatic rings. The number of aromatic nitrogens is 2. The van der Waals surface area contributed by atoms with Crippen molar-refractivity contribution in [3.8, 4) is 0 Å². The SMILES string of the molecule is Cc1c(CNS(N)(=O)=O)cnn1C.